The van der Waals surface area contributed by atoms with Crippen LogP contribution in [0.15, 0.2) is 11.6 Å². The van der Waals surface area contributed by atoms with Gasteiger partial charge in [0.25, 0.3) is 0 Å². The summed E-state index contributed by atoms with van der Waals surface area (Å²) in [6.45, 7) is 4.55. The van der Waals surface area contributed by atoms with E-state index in [-0.39, 0.29) is 28.7 Å². The molecule has 0 aromatic rings. The molecule has 2 saturated carbocycles. The van der Waals surface area contributed by atoms with Gasteiger partial charge in [0.1, 0.15) is 0 Å². The fourth-order valence-electron chi connectivity index (χ4n) is 6.38. The molecule has 2 N–H and O–H groups in total. The minimum atomic E-state index is -0.612. The van der Waals surface area contributed by atoms with Crippen molar-refractivity contribution in [3.05, 3.63) is 11.6 Å². The molecule has 4 rings (SSSR count). The molecule has 3 fully saturated rings. The molecule has 4 aliphatic rings. The van der Waals surface area contributed by atoms with Crippen molar-refractivity contribution in [3.63, 3.8) is 0 Å². The molecule has 0 bridgehead atoms. The molecule has 6 atom stereocenters. The number of carbonyl (C=O) groups is 2. The number of nitrogens with one attached hydrogen (secondary N) is 1. The second-order valence-electron chi connectivity index (χ2n) is 8.68. The van der Waals surface area contributed by atoms with Crippen LogP contribution in [0.4, 0.5) is 0 Å². The zero-order valence-electron chi connectivity index (χ0n) is 14.1. The normalized spacial score (nSPS) is 48.6. The third-order valence-corrected chi connectivity index (χ3v) is 7.82. The van der Waals surface area contributed by atoms with Gasteiger partial charge in [-0.25, -0.2) is 0 Å². The molecule has 4 nitrogen and oxygen atoms in total. The van der Waals surface area contributed by atoms with E-state index in [0.717, 1.165) is 38.5 Å². The lowest BCUT2D eigenvalue weighted by atomic mass is 9.50. The van der Waals surface area contributed by atoms with E-state index in [4.69, 9.17) is 0 Å². The molecule has 4 heteroatoms. The molecule has 1 amide bonds. The number of allylic oxidation sites excluding steroid dienone is 1. The maximum atomic E-state index is 11.8. The number of carboxylic acid groups (broad SMARTS) is 1. The van der Waals surface area contributed by atoms with Gasteiger partial charge in [0.15, 0.2) is 0 Å². The Morgan fingerprint density at radius 2 is 1.91 bits per heavy atom. The lowest BCUT2D eigenvalue weighted by molar-refractivity contribution is -0.146. The van der Waals surface area contributed by atoms with E-state index in [2.05, 4.69) is 25.2 Å². The van der Waals surface area contributed by atoms with Crippen molar-refractivity contribution in [1.29, 1.82) is 0 Å². The number of carbonyl (C=O) groups excluding carboxylic acids is 1. The van der Waals surface area contributed by atoms with Crippen LogP contribution in [0.25, 0.3) is 0 Å². The first-order valence-corrected chi connectivity index (χ1v) is 9.08. The summed E-state index contributed by atoms with van der Waals surface area (Å²) in [7, 11) is 0. The summed E-state index contributed by atoms with van der Waals surface area (Å²) in [5, 5.41) is 12.8. The molecule has 1 aliphatic heterocycles. The monoisotopic (exact) mass is 317 g/mol. The molecule has 126 valence electrons. The highest BCUT2D eigenvalue weighted by Crippen LogP contribution is 2.63. The van der Waals surface area contributed by atoms with E-state index in [9.17, 15) is 14.7 Å². The quantitative estimate of drug-likeness (QED) is 0.730. The molecule has 0 radical (unpaired) electrons. The van der Waals surface area contributed by atoms with Gasteiger partial charge in [-0.2, -0.15) is 0 Å². The Morgan fingerprint density at radius 3 is 2.65 bits per heavy atom. The molecule has 1 saturated heterocycles. The molecular formula is C19H27NO3. The molecule has 2 unspecified atom stereocenters. The first-order chi connectivity index (χ1) is 10.9. The topological polar surface area (TPSA) is 66.4 Å². The standard InChI is InChI=1S/C19H27NO3/c1-18-9-7-13-11(12(18)4-5-14(18)17(22)23)3-6-15-19(13,2)10-8-16(21)20-15/h3,12-15H,4-10H2,1-2H3,(H,20,21)(H,22,23)/t12-,13+,14?,15?,18-,19+/m0/s1. The average molecular weight is 317 g/mol. The highest BCUT2D eigenvalue weighted by molar-refractivity contribution is 5.77. The van der Waals surface area contributed by atoms with Crippen LogP contribution < -0.4 is 5.32 Å². The Balaban J connectivity index is 1.69. The Bertz CT molecular complexity index is 597. The van der Waals surface area contributed by atoms with Crippen molar-refractivity contribution in [1.82, 2.24) is 5.32 Å². The van der Waals surface area contributed by atoms with Crippen molar-refractivity contribution in [2.75, 3.05) is 0 Å². The van der Waals surface area contributed by atoms with Crippen molar-refractivity contribution in [2.45, 2.75) is 64.8 Å². The molecule has 23 heavy (non-hydrogen) atoms. The van der Waals surface area contributed by atoms with Gasteiger partial charge in [-0.15, -0.1) is 0 Å². The largest absolute Gasteiger partial charge is 0.481 e. The van der Waals surface area contributed by atoms with E-state index in [0.29, 0.717) is 18.3 Å². The predicted octanol–water partition coefficient (Wildman–Crippen LogP) is 3.13. The molecule has 3 aliphatic carbocycles. The van der Waals surface area contributed by atoms with Crippen molar-refractivity contribution in [3.8, 4) is 0 Å². The summed E-state index contributed by atoms with van der Waals surface area (Å²) in [4.78, 5) is 23.5. The number of fused-ring (bicyclic) bond motifs is 5. The van der Waals surface area contributed by atoms with E-state index in [1.807, 2.05) is 0 Å². The van der Waals surface area contributed by atoms with Gasteiger partial charge < -0.3 is 10.4 Å². The van der Waals surface area contributed by atoms with E-state index >= 15 is 0 Å². The Hall–Kier alpha value is -1.32. The zero-order chi connectivity index (χ0) is 16.4. The number of hydrogen-bond acceptors (Lipinski definition) is 2. The van der Waals surface area contributed by atoms with E-state index < -0.39 is 5.97 Å². The lowest BCUT2D eigenvalue weighted by Crippen LogP contribution is -2.58. The summed E-state index contributed by atoms with van der Waals surface area (Å²) >= 11 is 0. The van der Waals surface area contributed by atoms with E-state index in [1.54, 1.807) is 0 Å². The number of hydrogen-bond donors (Lipinski definition) is 2. The van der Waals surface area contributed by atoms with E-state index in [1.165, 1.54) is 5.57 Å². The van der Waals surface area contributed by atoms with Crippen LogP contribution in [0.3, 0.4) is 0 Å². The molecule has 1 heterocycles. The van der Waals surface area contributed by atoms with Crippen LogP contribution in [0.2, 0.25) is 0 Å². The Kier molecular flexibility index (Phi) is 3.20. The minimum absolute atomic E-state index is 0.0741. The Morgan fingerprint density at radius 1 is 1.17 bits per heavy atom. The van der Waals surface area contributed by atoms with Crippen LogP contribution in [-0.2, 0) is 9.59 Å². The fourth-order valence-corrected chi connectivity index (χ4v) is 6.38. The molecular weight excluding hydrogens is 290 g/mol. The number of carboxylic acids is 1. The number of aliphatic carboxylic acids is 1. The van der Waals surface area contributed by atoms with Crippen LogP contribution in [-0.4, -0.2) is 23.0 Å². The van der Waals surface area contributed by atoms with Gasteiger partial charge in [-0.1, -0.05) is 25.5 Å². The lowest BCUT2D eigenvalue weighted by Gasteiger charge is -2.56. The average Bonchev–Trinajstić information content (AvgIpc) is 2.85. The highest BCUT2D eigenvalue weighted by Gasteiger charge is 2.59. The smallest absolute Gasteiger partial charge is 0.307 e. The zero-order valence-corrected chi connectivity index (χ0v) is 14.1. The van der Waals surface area contributed by atoms with Crippen LogP contribution in [0.5, 0.6) is 0 Å². The number of amides is 1. The SMILES string of the molecule is C[C@]12CCC(=O)NC1CC=C1[C@H]2CC[C@]2(C)C(C(=O)O)CC[C@@H]12. The summed E-state index contributed by atoms with van der Waals surface area (Å²) in [5.41, 5.74) is 1.60. The molecule has 0 aromatic heterocycles. The van der Waals surface area contributed by atoms with Gasteiger partial charge >= 0.3 is 5.97 Å². The van der Waals surface area contributed by atoms with Crippen LogP contribution >= 0.6 is 0 Å². The minimum Gasteiger partial charge on any atom is -0.481 e. The number of rotatable bonds is 1. The van der Waals surface area contributed by atoms with Crippen molar-refractivity contribution < 1.29 is 14.7 Å². The summed E-state index contributed by atoms with van der Waals surface area (Å²) < 4.78 is 0. The van der Waals surface area contributed by atoms with Crippen molar-refractivity contribution in [2.24, 2.45) is 28.6 Å². The first kappa shape index (κ1) is 15.2. The molecule has 0 spiro atoms. The third kappa shape index (κ3) is 1.96. The highest BCUT2D eigenvalue weighted by atomic mass is 16.4. The van der Waals surface area contributed by atoms with Crippen molar-refractivity contribution >= 4 is 11.9 Å². The summed E-state index contributed by atoms with van der Waals surface area (Å²) in [6, 6.07) is 0.263. The summed E-state index contributed by atoms with van der Waals surface area (Å²) in [5.74, 6) is 0.340. The van der Waals surface area contributed by atoms with Gasteiger partial charge in [0.2, 0.25) is 5.91 Å². The third-order valence-electron chi connectivity index (χ3n) is 7.82. The van der Waals surface area contributed by atoms with Gasteiger partial charge in [0, 0.05) is 12.5 Å². The van der Waals surface area contributed by atoms with Gasteiger partial charge in [0.05, 0.1) is 5.92 Å². The second kappa shape index (κ2) is 4.84. The number of piperidine rings is 1. The van der Waals surface area contributed by atoms with Crippen LogP contribution in [0, 0.1) is 28.6 Å². The van der Waals surface area contributed by atoms with Gasteiger partial charge in [-0.05, 0) is 61.2 Å². The maximum absolute atomic E-state index is 11.8. The Labute approximate surface area is 137 Å². The second-order valence-corrected chi connectivity index (χ2v) is 8.68. The van der Waals surface area contributed by atoms with Gasteiger partial charge in [-0.3, -0.25) is 9.59 Å². The fraction of sp³-hybridized carbons (Fsp3) is 0.789. The first-order valence-electron chi connectivity index (χ1n) is 9.08. The molecule has 0 aromatic carbocycles. The van der Waals surface area contributed by atoms with Crippen LogP contribution in [0.1, 0.15) is 58.8 Å². The summed E-state index contributed by atoms with van der Waals surface area (Å²) in [6.07, 6.45) is 8.79. The predicted molar refractivity (Wildman–Crippen MR) is 86.7 cm³/mol. The maximum Gasteiger partial charge on any atom is 0.307 e.